The third-order valence-electron chi connectivity index (χ3n) is 2.65. The molecule has 1 rings (SSSR count). The maximum Gasteiger partial charge on any atom is 0.234 e. The lowest BCUT2D eigenvalue weighted by molar-refractivity contribution is -0.122. The summed E-state index contributed by atoms with van der Waals surface area (Å²) in [5, 5.41) is 2.84. The first-order chi connectivity index (χ1) is 8.90. The van der Waals surface area contributed by atoms with E-state index in [-0.39, 0.29) is 17.8 Å². The molecule has 0 saturated carbocycles. The Morgan fingerprint density at radius 2 is 2.11 bits per heavy atom. The summed E-state index contributed by atoms with van der Waals surface area (Å²) in [5.74, 6) is -0.376. The van der Waals surface area contributed by atoms with E-state index in [2.05, 4.69) is 5.32 Å². The molecule has 106 valence electrons. The highest BCUT2D eigenvalue weighted by molar-refractivity contribution is 5.78. The minimum atomic E-state index is -0.349. The first-order valence-electron chi connectivity index (χ1n) is 6.47. The number of carbonyl (C=O) groups excluding carboxylic acids is 1. The molecule has 0 spiro atoms. The highest BCUT2D eigenvalue weighted by Crippen LogP contribution is 2.12. The Kier molecular flexibility index (Phi) is 5.76. The first kappa shape index (κ1) is 15.4. The molecule has 0 atom stereocenters. The summed E-state index contributed by atoms with van der Waals surface area (Å²) in [6.07, 6.45) is 0. The maximum absolute atomic E-state index is 13.2. The molecule has 1 aromatic rings. The van der Waals surface area contributed by atoms with Crippen LogP contribution in [0.1, 0.15) is 26.3 Å². The maximum atomic E-state index is 13.2. The lowest BCUT2D eigenvalue weighted by Gasteiger charge is -2.21. The second-order valence-electron chi connectivity index (χ2n) is 4.92. The molecule has 1 amide bonds. The van der Waals surface area contributed by atoms with Gasteiger partial charge in [-0.2, -0.15) is 0 Å². The summed E-state index contributed by atoms with van der Waals surface area (Å²) < 4.78 is 13.2. The van der Waals surface area contributed by atoms with Crippen LogP contribution in [0.25, 0.3) is 0 Å². The van der Waals surface area contributed by atoms with Crippen LogP contribution in [0.5, 0.6) is 0 Å². The Bertz CT molecular complexity index is 414. The summed E-state index contributed by atoms with van der Waals surface area (Å²) in [6.45, 7) is 7.31. The van der Waals surface area contributed by atoms with Gasteiger partial charge in [0.15, 0.2) is 0 Å². The first-order valence-corrected chi connectivity index (χ1v) is 6.47. The summed E-state index contributed by atoms with van der Waals surface area (Å²) in [6, 6.07) is 4.58. The molecule has 0 radical (unpaired) electrons. The number of likely N-dealkylation sites (N-methyl/N-ethyl adjacent to an activating group) is 1. The van der Waals surface area contributed by atoms with Gasteiger partial charge < -0.3 is 11.1 Å². The highest BCUT2D eigenvalue weighted by Gasteiger charge is 2.11. The van der Waals surface area contributed by atoms with E-state index in [0.717, 1.165) is 5.56 Å². The smallest absolute Gasteiger partial charge is 0.234 e. The number of amides is 1. The molecule has 0 unspecified atom stereocenters. The quantitative estimate of drug-likeness (QED) is 0.772. The number of nitrogens with one attached hydrogen (secondary N) is 1. The number of hydrogen-bond acceptors (Lipinski definition) is 3. The summed E-state index contributed by atoms with van der Waals surface area (Å²) >= 11 is 0. The molecule has 0 saturated heterocycles. The van der Waals surface area contributed by atoms with Crippen LogP contribution in [0.4, 0.5) is 10.1 Å². The molecule has 0 fully saturated rings. The number of nitrogens with two attached hydrogens (primary N) is 1. The molecule has 0 heterocycles. The third kappa shape index (κ3) is 5.70. The average Bonchev–Trinajstić information content (AvgIpc) is 2.25. The molecular formula is C14H22FN3O. The van der Waals surface area contributed by atoms with Crippen LogP contribution in [0.15, 0.2) is 18.2 Å². The summed E-state index contributed by atoms with van der Waals surface area (Å²) in [4.78, 5) is 13.6. The molecule has 0 aliphatic rings. The zero-order valence-electron chi connectivity index (χ0n) is 11.7. The van der Waals surface area contributed by atoms with Crippen LogP contribution < -0.4 is 11.1 Å². The van der Waals surface area contributed by atoms with Gasteiger partial charge in [-0.15, -0.1) is 0 Å². The van der Waals surface area contributed by atoms with Crippen LogP contribution in [0.3, 0.4) is 0 Å². The minimum absolute atomic E-state index is 0.0266. The second kappa shape index (κ2) is 7.09. The van der Waals surface area contributed by atoms with E-state index >= 15 is 0 Å². The number of carbonyl (C=O) groups is 1. The highest BCUT2D eigenvalue weighted by atomic mass is 19.1. The molecule has 19 heavy (non-hydrogen) atoms. The van der Waals surface area contributed by atoms with Crippen LogP contribution in [0, 0.1) is 5.82 Å². The van der Waals surface area contributed by atoms with Gasteiger partial charge >= 0.3 is 0 Å². The van der Waals surface area contributed by atoms with Gasteiger partial charge in [0.25, 0.3) is 0 Å². The van der Waals surface area contributed by atoms with Gasteiger partial charge in [0.1, 0.15) is 5.82 Å². The normalized spacial score (nSPS) is 11.1. The van der Waals surface area contributed by atoms with E-state index in [1.54, 1.807) is 6.07 Å². The largest absolute Gasteiger partial charge is 0.399 e. The molecule has 0 bridgehead atoms. The Balaban J connectivity index is 2.63. The average molecular weight is 267 g/mol. The number of halogens is 1. The molecule has 5 heteroatoms. The second-order valence-corrected chi connectivity index (χ2v) is 4.92. The van der Waals surface area contributed by atoms with Gasteiger partial charge in [0, 0.05) is 18.3 Å². The van der Waals surface area contributed by atoms with Crippen molar-refractivity contribution in [3.8, 4) is 0 Å². The molecule has 3 N–H and O–H groups in total. The lowest BCUT2D eigenvalue weighted by Crippen LogP contribution is -2.39. The topological polar surface area (TPSA) is 58.4 Å². The van der Waals surface area contributed by atoms with Gasteiger partial charge in [-0.1, -0.05) is 6.92 Å². The zero-order valence-corrected chi connectivity index (χ0v) is 11.7. The van der Waals surface area contributed by atoms with Crippen LogP contribution in [0.2, 0.25) is 0 Å². The number of benzene rings is 1. The molecule has 4 nitrogen and oxygen atoms in total. The standard InChI is InChI=1S/C14H22FN3O/c1-4-18(9-14(19)17-10(2)3)8-11-5-12(15)7-13(16)6-11/h5-7,10H,4,8-9,16H2,1-3H3,(H,17,19). The Morgan fingerprint density at radius 3 is 2.63 bits per heavy atom. The van der Waals surface area contributed by atoms with Gasteiger partial charge in [-0.25, -0.2) is 4.39 Å². The fourth-order valence-corrected chi connectivity index (χ4v) is 1.88. The van der Waals surface area contributed by atoms with Crippen molar-refractivity contribution in [1.29, 1.82) is 0 Å². The number of nitrogen functional groups attached to an aromatic ring is 1. The van der Waals surface area contributed by atoms with Gasteiger partial charge in [-0.05, 0) is 44.2 Å². The summed E-state index contributed by atoms with van der Waals surface area (Å²) in [7, 11) is 0. The monoisotopic (exact) mass is 267 g/mol. The van der Waals surface area contributed by atoms with E-state index in [9.17, 15) is 9.18 Å². The molecule has 0 aliphatic heterocycles. The van der Waals surface area contributed by atoms with Gasteiger partial charge in [0.2, 0.25) is 5.91 Å². The van der Waals surface area contributed by atoms with Crippen molar-refractivity contribution in [2.24, 2.45) is 0 Å². The van der Waals surface area contributed by atoms with Crippen molar-refractivity contribution < 1.29 is 9.18 Å². The fourth-order valence-electron chi connectivity index (χ4n) is 1.88. The van der Waals surface area contributed by atoms with E-state index in [0.29, 0.717) is 25.3 Å². The van der Waals surface area contributed by atoms with Crippen molar-refractivity contribution in [3.63, 3.8) is 0 Å². The minimum Gasteiger partial charge on any atom is -0.399 e. The number of hydrogen-bond donors (Lipinski definition) is 2. The van der Waals surface area contributed by atoms with Crippen molar-refractivity contribution in [3.05, 3.63) is 29.6 Å². The van der Waals surface area contributed by atoms with Crippen molar-refractivity contribution >= 4 is 11.6 Å². The number of anilines is 1. The Hall–Kier alpha value is -1.62. The molecular weight excluding hydrogens is 245 g/mol. The van der Waals surface area contributed by atoms with E-state index in [4.69, 9.17) is 5.73 Å². The summed E-state index contributed by atoms with van der Waals surface area (Å²) in [5.41, 5.74) is 6.78. The zero-order chi connectivity index (χ0) is 14.4. The van der Waals surface area contributed by atoms with E-state index < -0.39 is 0 Å². The van der Waals surface area contributed by atoms with Crippen molar-refractivity contribution in [2.75, 3.05) is 18.8 Å². The molecule has 1 aromatic carbocycles. The van der Waals surface area contributed by atoms with Gasteiger partial charge in [0.05, 0.1) is 6.54 Å². The van der Waals surface area contributed by atoms with Gasteiger partial charge in [-0.3, -0.25) is 9.69 Å². The molecule has 0 aromatic heterocycles. The number of rotatable bonds is 6. The fraction of sp³-hybridized carbons (Fsp3) is 0.500. The van der Waals surface area contributed by atoms with Crippen LogP contribution >= 0.6 is 0 Å². The predicted molar refractivity (Wildman–Crippen MR) is 75.0 cm³/mol. The van der Waals surface area contributed by atoms with Crippen LogP contribution in [-0.2, 0) is 11.3 Å². The van der Waals surface area contributed by atoms with Crippen LogP contribution in [-0.4, -0.2) is 29.9 Å². The SMILES string of the molecule is CCN(CC(=O)NC(C)C)Cc1cc(N)cc(F)c1. The Morgan fingerprint density at radius 1 is 1.42 bits per heavy atom. The van der Waals surface area contributed by atoms with Crippen molar-refractivity contribution in [1.82, 2.24) is 10.2 Å². The number of nitrogens with zero attached hydrogens (tertiary/aromatic N) is 1. The lowest BCUT2D eigenvalue weighted by atomic mass is 10.2. The molecule has 0 aliphatic carbocycles. The Labute approximate surface area is 113 Å². The predicted octanol–water partition coefficient (Wildman–Crippen LogP) is 1.75. The van der Waals surface area contributed by atoms with Crippen molar-refractivity contribution in [2.45, 2.75) is 33.4 Å². The van der Waals surface area contributed by atoms with E-state index in [1.165, 1.54) is 12.1 Å². The van der Waals surface area contributed by atoms with E-state index in [1.807, 2.05) is 25.7 Å². The third-order valence-corrected chi connectivity index (χ3v) is 2.65.